The Balaban J connectivity index is 1.69. The number of hydrogen-bond acceptors (Lipinski definition) is 6. The molecule has 0 radical (unpaired) electrons. The monoisotopic (exact) mass is 267 g/mol. The molecule has 6 heteroatoms. The fourth-order valence-corrected chi connectivity index (χ4v) is 2.77. The number of nitrogens with one attached hydrogen (secondary N) is 1. The number of nitrogens with zero attached hydrogens (tertiary/aromatic N) is 2. The van der Waals surface area contributed by atoms with Crippen molar-refractivity contribution in [2.45, 2.75) is 4.34 Å². The third kappa shape index (κ3) is 3.90. The summed E-state index contributed by atoms with van der Waals surface area (Å²) in [6, 6.07) is 9.81. The van der Waals surface area contributed by atoms with E-state index in [1.54, 1.807) is 23.1 Å². The maximum Gasteiger partial charge on any atom is 0.206 e. The van der Waals surface area contributed by atoms with Gasteiger partial charge in [0.25, 0.3) is 0 Å². The van der Waals surface area contributed by atoms with Crippen molar-refractivity contribution < 1.29 is 4.74 Å². The van der Waals surface area contributed by atoms with Gasteiger partial charge >= 0.3 is 0 Å². The highest BCUT2D eigenvalue weighted by molar-refractivity contribution is 8.01. The molecule has 90 valence electrons. The minimum absolute atomic E-state index is 0.670. The van der Waals surface area contributed by atoms with Crippen LogP contribution in [0.15, 0.2) is 34.7 Å². The van der Waals surface area contributed by atoms with Crippen molar-refractivity contribution in [1.82, 2.24) is 10.2 Å². The smallest absolute Gasteiger partial charge is 0.206 e. The minimum Gasteiger partial charge on any atom is -0.493 e. The third-order valence-electron chi connectivity index (χ3n) is 1.94. The van der Waals surface area contributed by atoms with Gasteiger partial charge in [0, 0.05) is 12.8 Å². The Kier molecular flexibility index (Phi) is 4.63. The highest BCUT2D eigenvalue weighted by atomic mass is 32.2. The summed E-state index contributed by atoms with van der Waals surface area (Å²) in [6.07, 6.45) is 0. The SMILES string of the molecule is CNc1nnc(SCCOc2ccccc2)s1. The maximum atomic E-state index is 5.58. The summed E-state index contributed by atoms with van der Waals surface area (Å²) in [4.78, 5) is 0. The predicted octanol–water partition coefficient (Wildman–Crippen LogP) is 2.75. The lowest BCUT2D eigenvalue weighted by molar-refractivity contribution is 0.344. The lowest BCUT2D eigenvalue weighted by Gasteiger charge is -2.03. The van der Waals surface area contributed by atoms with Crippen LogP contribution in [0, 0.1) is 0 Å². The van der Waals surface area contributed by atoms with Crippen LogP contribution in [-0.2, 0) is 0 Å². The fourth-order valence-electron chi connectivity index (χ4n) is 1.17. The molecular formula is C11H13N3OS2. The van der Waals surface area contributed by atoms with Crippen molar-refractivity contribution in [2.75, 3.05) is 24.7 Å². The van der Waals surface area contributed by atoms with Gasteiger partial charge in [-0.3, -0.25) is 0 Å². The summed E-state index contributed by atoms with van der Waals surface area (Å²) in [5.74, 6) is 1.77. The van der Waals surface area contributed by atoms with Gasteiger partial charge in [-0.2, -0.15) is 0 Å². The van der Waals surface area contributed by atoms with Crippen molar-refractivity contribution in [1.29, 1.82) is 0 Å². The number of hydrogen-bond donors (Lipinski definition) is 1. The number of aromatic nitrogens is 2. The van der Waals surface area contributed by atoms with E-state index in [1.807, 2.05) is 37.4 Å². The molecule has 1 N–H and O–H groups in total. The molecule has 1 aromatic heterocycles. The van der Waals surface area contributed by atoms with Crippen molar-refractivity contribution in [3.8, 4) is 5.75 Å². The Morgan fingerprint density at radius 1 is 1.29 bits per heavy atom. The first-order valence-corrected chi connectivity index (χ1v) is 7.00. The topological polar surface area (TPSA) is 47.0 Å². The molecule has 4 nitrogen and oxygen atoms in total. The zero-order valence-corrected chi connectivity index (χ0v) is 11.1. The summed E-state index contributed by atoms with van der Waals surface area (Å²) in [5.41, 5.74) is 0. The van der Waals surface area contributed by atoms with Gasteiger partial charge in [-0.25, -0.2) is 0 Å². The van der Waals surface area contributed by atoms with Gasteiger partial charge in [0.05, 0.1) is 6.61 Å². The number of benzene rings is 1. The number of rotatable bonds is 6. The van der Waals surface area contributed by atoms with Gasteiger partial charge in [-0.15, -0.1) is 10.2 Å². The van der Waals surface area contributed by atoms with Gasteiger partial charge < -0.3 is 10.1 Å². The summed E-state index contributed by atoms with van der Waals surface area (Å²) in [6.45, 7) is 0.670. The molecule has 17 heavy (non-hydrogen) atoms. The fraction of sp³-hybridized carbons (Fsp3) is 0.273. The molecule has 1 heterocycles. The largest absolute Gasteiger partial charge is 0.493 e. The number of thioether (sulfide) groups is 1. The normalized spacial score (nSPS) is 10.2. The number of para-hydroxylation sites is 1. The quantitative estimate of drug-likeness (QED) is 0.644. The Labute approximate surface area is 108 Å². The molecule has 0 aliphatic heterocycles. The van der Waals surface area contributed by atoms with E-state index in [-0.39, 0.29) is 0 Å². The standard InChI is InChI=1S/C11H13N3OS2/c1-12-10-13-14-11(17-10)16-8-7-15-9-5-3-2-4-6-9/h2-6H,7-8H2,1H3,(H,12,13). The predicted molar refractivity (Wildman–Crippen MR) is 72.1 cm³/mol. The van der Waals surface area contributed by atoms with Crippen LogP contribution in [0.25, 0.3) is 0 Å². The zero-order chi connectivity index (χ0) is 11.9. The average molecular weight is 267 g/mol. The van der Waals surface area contributed by atoms with E-state index < -0.39 is 0 Å². The lowest BCUT2D eigenvalue weighted by Crippen LogP contribution is -1.99. The molecule has 1 aromatic carbocycles. The van der Waals surface area contributed by atoms with Gasteiger partial charge in [0.2, 0.25) is 5.13 Å². The molecule has 0 atom stereocenters. The highest BCUT2D eigenvalue weighted by Gasteiger charge is 2.02. The third-order valence-corrected chi connectivity index (χ3v) is 3.98. The van der Waals surface area contributed by atoms with Crippen LogP contribution in [0.1, 0.15) is 0 Å². The molecular weight excluding hydrogens is 254 g/mol. The van der Waals surface area contributed by atoms with Gasteiger partial charge in [-0.05, 0) is 12.1 Å². The van der Waals surface area contributed by atoms with E-state index in [0.717, 1.165) is 21.0 Å². The summed E-state index contributed by atoms with van der Waals surface area (Å²) in [5, 5.41) is 11.8. The molecule has 0 amide bonds. The van der Waals surface area contributed by atoms with Crippen molar-refractivity contribution in [2.24, 2.45) is 0 Å². The summed E-state index contributed by atoms with van der Waals surface area (Å²) >= 11 is 3.21. The van der Waals surface area contributed by atoms with Crippen molar-refractivity contribution in [3.05, 3.63) is 30.3 Å². The van der Waals surface area contributed by atoms with Crippen LogP contribution in [0.5, 0.6) is 5.75 Å². The molecule has 0 fully saturated rings. The molecule has 0 saturated heterocycles. The van der Waals surface area contributed by atoms with Crippen molar-refractivity contribution in [3.63, 3.8) is 0 Å². The van der Waals surface area contributed by atoms with Crippen LogP contribution in [0.3, 0.4) is 0 Å². The van der Waals surface area contributed by atoms with Crippen LogP contribution in [0.4, 0.5) is 5.13 Å². The van der Waals surface area contributed by atoms with E-state index in [1.165, 1.54) is 0 Å². The lowest BCUT2D eigenvalue weighted by atomic mass is 10.3. The Morgan fingerprint density at radius 3 is 2.82 bits per heavy atom. The van der Waals surface area contributed by atoms with E-state index in [2.05, 4.69) is 15.5 Å². The van der Waals surface area contributed by atoms with Crippen LogP contribution in [0.2, 0.25) is 0 Å². The van der Waals surface area contributed by atoms with Crippen LogP contribution in [-0.4, -0.2) is 29.6 Å². The Bertz CT molecular complexity index is 447. The maximum absolute atomic E-state index is 5.58. The van der Waals surface area contributed by atoms with Crippen molar-refractivity contribution >= 4 is 28.2 Å². The summed E-state index contributed by atoms with van der Waals surface area (Å²) in [7, 11) is 1.84. The molecule has 2 rings (SSSR count). The van der Waals surface area contributed by atoms with E-state index in [4.69, 9.17) is 4.74 Å². The van der Waals surface area contributed by atoms with Gasteiger partial charge in [0.15, 0.2) is 4.34 Å². The highest BCUT2D eigenvalue weighted by Crippen LogP contribution is 2.24. The first-order valence-electron chi connectivity index (χ1n) is 5.20. The van der Waals surface area contributed by atoms with Gasteiger partial charge in [0.1, 0.15) is 5.75 Å². The first-order chi connectivity index (χ1) is 8.38. The average Bonchev–Trinajstić information content (AvgIpc) is 2.84. The molecule has 0 aliphatic rings. The van der Waals surface area contributed by atoms with E-state index in [0.29, 0.717) is 6.61 Å². The minimum atomic E-state index is 0.670. The molecule has 0 unspecified atom stereocenters. The van der Waals surface area contributed by atoms with E-state index in [9.17, 15) is 0 Å². The Hall–Kier alpha value is -1.27. The summed E-state index contributed by atoms with van der Waals surface area (Å²) < 4.78 is 6.54. The second-order valence-corrected chi connectivity index (χ2v) is 5.45. The van der Waals surface area contributed by atoms with Crippen LogP contribution >= 0.6 is 23.1 Å². The Morgan fingerprint density at radius 2 is 2.12 bits per heavy atom. The molecule has 0 spiro atoms. The number of ether oxygens (including phenoxy) is 1. The van der Waals surface area contributed by atoms with E-state index >= 15 is 0 Å². The zero-order valence-electron chi connectivity index (χ0n) is 9.42. The molecule has 2 aromatic rings. The first kappa shape index (κ1) is 12.2. The second kappa shape index (κ2) is 6.46. The number of anilines is 1. The second-order valence-electron chi connectivity index (χ2n) is 3.13. The molecule has 0 aliphatic carbocycles. The van der Waals surface area contributed by atoms with Gasteiger partial charge in [-0.1, -0.05) is 41.3 Å². The van der Waals surface area contributed by atoms with Crippen LogP contribution < -0.4 is 10.1 Å². The molecule has 0 saturated carbocycles. The molecule has 0 bridgehead atoms.